The predicted octanol–water partition coefficient (Wildman–Crippen LogP) is 3.20. The van der Waals surface area contributed by atoms with Crippen LogP contribution in [0.25, 0.3) is 22.2 Å². The third-order valence-corrected chi connectivity index (χ3v) is 3.75. The van der Waals surface area contributed by atoms with E-state index in [1.54, 1.807) is 6.20 Å². The van der Waals surface area contributed by atoms with E-state index < -0.39 is 5.97 Å². The number of pyridine rings is 1. The highest BCUT2D eigenvalue weighted by Gasteiger charge is 2.17. The summed E-state index contributed by atoms with van der Waals surface area (Å²) < 4.78 is 4.85. The van der Waals surface area contributed by atoms with Crippen LogP contribution in [0, 0.1) is 0 Å². The number of hydrogen-bond acceptors (Lipinski definition) is 6. The number of thioether (sulfide) groups is 1. The minimum Gasteiger partial charge on any atom is -0.464 e. The second-order valence-electron chi connectivity index (χ2n) is 4.51. The standard InChI is InChI=1S/C16H13N3O2S/c1-21-15(20)13-12(10-6-4-3-5-7-10)8-11-9-17-16(22-2)19-14(11)18-13/h3-9H,1-2H3. The van der Waals surface area contributed by atoms with Gasteiger partial charge in [0.25, 0.3) is 0 Å². The van der Waals surface area contributed by atoms with Crippen LogP contribution in [0.15, 0.2) is 47.8 Å². The third-order valence-electron chi connectivity index (χ3n) is 3.19. The first-order chi connectivity index (χ1) is 10.7. The van der Waals surface area contributed by atoms with Gasteiger partial charge in [0.2, 0.25) is 0 Å². The number of benzene rings is 1. The van der Waals surface area contributed by atoms with E-state index in [1.807, 2.05) is 42.7 Å². The van der Waals surface area contributed by atoms with Gasteiger partial charge >= 0.3 is 5.97 Å². The highest BCUT2D eigenvalue weighted by atomic mass is 32.2. The molecule has 0 amide bonds. The van der Waals surface area contributed by atoms with E-state index in [2.05, 4.69) is 15.0 Å². The number of methoxy groups -OCH3 is 1. The van der Waals surface area contributed by atoms with Gasteiger partial charge in [-0.25, -0.2) is 19.7 Å². The Balaban J connectivity index is 2.27. The first kappa shape index (κ1) is 14.5. The normalized spacial score (nSPS) is 10.6. The maximum absolute atomic E-state index is 12.1. The molecule has 5 nitrogen and oxygen atoms in total. The van der Waals surface area contributed by atoms with Crippen LogP contribution in [0.1, 0.15) is 10.5 Å². The van der Waals surface area contributed by atoms with E-state index in [-0.39, 0.29) is 5.69 Å². The summed E-state index contributed by atoms with van der Waals surface area (Å²) in [6.07, 6.45) is 3.61. The lowest BCUT2D eigenvalue weighted by atomic mass is 10.0. The van der Waals surface area contributed by atoms with Crippen molar-refractivity contribution in [2.24, 2.45) is 0 Å². The Morgan fingerprint density at radius 1 is 1.18 bits per heavy atom. The maximum Gasteiger partial charge on any atom is 0.357 e. The van der Waals surface area contributed by atoms with Crippen LogP contribution in [0.2, 0.25) is 0 Å². The van der Waals surface area contributed by atoms with Crippen molar-refractivity contribution in [1.29, 1.82) is 0 Å². The van der Waals surface area contributed by atoms with Gasteiger partial charge in [-0.05, 0) is 17.9 Å². The maximum atomic E-state index is 12.1. The molecule has 110 valence electrons. The molecule has 0 atom stereocenters. The minimum atomic E-state index is -0.481. The number of fused-ring (bicyclic) bond motifs is 1. The van der Waals surface area contributed by atoms with E-state index in [1.165, 1.54) is 18.9 Å². The summed E-state index contributed by atoms with van der Waals surface area (Å²) >= 11 is 1.43. The van der Waals surface area contributed by atoms with Crippen LogP contribution in [0.3, 0.4) is 0 Å². The molecule has 0 fully saturated rings. The molecular weight excluding hydrogens is 298 g/mol. The number of rotatable bonds is 3. The van der Waals surface area contributed by atoms with Gasteiger partial charge in [0.15, 0.2) is 16.5 Å². The van der Waals surface area contributed by atoms with Crippen molar-refractivity contribution in [3.63, 3.8) is 0 Å². The highest BCUT2D eigenvalue weighted by Crippen LogP contribution is 2.26. The van der Waals surface area contributed by atoms with Crippen molar-refractivity contribution >= 4 is 28.8 Å². The van der Waals surface area contributed by atoms with Gasteiger partial charge in [-0.2, -0.15) is 0 Å². The SMILES string of the molecule is COC(=O)c1nc2nc(SC)ncc2cc1-c1ccccc1. The van der Waals surface area contributed by atoms with Gasteiger partial charge in [0, 0.05) is 17.1 Å². The number of aromatic nitrogens is 3. The van der Waals surface area contributed by atoms with Crippen molar-refractivity contribution in [1.82, 2.24) is 15.0 Å². The molecule has 0 unspecified atom stereocenters. The monoisotopic (exact) mass is 311 g/mol. The lowest BCUT2D eigenvalue weighted by molar-refractivity contribution is 0.0595. The molecule has 0 N–H and O–H groups in total. The average molecular weight is 311 g/mol. The van der Waals surface area contributed by atoms with Crippen LogP contribution in [0.5, 0.6) is 0 Å². The lowest BCUT2D eigenvalue weighted by Gasteiger charge is -2.09. The zero-order chi connectivity index (χ0) is 15.5. The fraction of sp³-hybridized carbons (Fsp3) is 0.125. The summed E-state index contributed by atoms with van der Waals surface area (Å²) in [5.41, 5.74) is 2.35. The third kappa shape index (κ3) is 2.65. The molecule has 0 aliphatic rings. The summed E-state index contributed by atoms with van der Waals surface area (Å²) in [7, 11) is 1.34. The Morgan fingerprint density at radius 3 is 2.64 bits per heavy atom. The van der Waals surface area contributed by atoms with Crippen molar-refractivity contribution in [3.05, 3.63) is 48.3 Å². The van der Waals surface area contributed by atoms with Gasteiger partial charge < -0.3 is 4.74 Å². The lowest BCUT2D eigenvalue weighted by Crippen LogP contribution is -2.08. The topological polar surface area (TPSA) is 65.0 Å². The van der Waals surface area contributed by atoms with Crippen molar-refractivity contribution in [2.45, 2.75) is 5.16 Å². The molecule has 0 aliphatic carbocycles. The van der Waals surface area contributed by atoms with Crippen LogP contribution >= 0.6 is 11.8 Å². The Kier molecular flexibility index (Phi) is 4.02. The van der Waals surface area contributed by atoms with Crippen LogP contribution in [0.4, 0.5) is 0 Å². The molecular formula is C16H13N3O2S. The Hall–Kier alpha value is -2.47. The largest absolute Gasteiger partial charge is 0.464 e. The summed E-state index contributed by atoms with van der Waals surface area (Å²) in [6.45, 7) is 0. The van der Waals surface area contributed by atoms with Gasteiger partial charge in [-0.3, -0.25) is 0 Å². The first-order valence-corrected chi connectivity index (χ1v) is 7.81. The summed E-state index contributed by atoms with van der Waals surface area (Å²) in [5, 5.41) is 1.40. The molecule has 3 rings (SSSR count). The smallest absolute Gasteiger partial charge is 0.357 e. The molecule has 22 heavy (non-hydrogen) atoms. The molecule has 2 heterocycles. The molecule has 0 spiro atoms. The zero-order valence-corrected chi connectivity index (χ0v) is 12.9. The molecule has 0 radical (unpaired) electrons. The number of nitrogens with zero attached hydrogens (tertiary/aromatic N) is 3. The van der Waals surface area contributed by atoms with Crippen LogP contribution < -0.4 is 0 Å². The van der Waals surface area contributed by atoms with Gasteiger partial charge in [-0.15, -0.1) is 0 Å². The Morgan fingerprint density at radius 2 is 1.95 bits per heavy atom. The van der Waals surface area contributed by atoms with E-state index >= 15 is 0 Å². The number of carbonyl (C=O) groups excluding carboxylic acids is 1. The van der Waals surface area contributed by atoms with E-state index in [0.717, 1.165) is 10.9 Å². The van der Waals surface area contributed by atoms with E-state index in [0.29, 0.717) is 16.4 Å². The molecule has 2 aromatic heterocycles. The molecule has 3 aromatic rings. The van der Waals surface area contributed by atoms with Crippen LogP contribution in [-0.2, 0) is 4.74 Å². The number of esters is 1. The molecule has 6 heteroatoms. The predicted molar refractivity (Wildman–Crippen MR) is 85.9 cm³/mol. The molecule has 1 aromatic carbocycles. The van der Waals surface area contributed by atoms with Crippen molar-refractivity contribution < 1.29 is 9.53 Å². The average Bonchev–Trinajstić information content (AvgIpc) is 2.60. The van der Waals surface area contributed by atoms with E-state index in [4.69, 9.17) is 4.74 Å². The Bertz CT molecular complexity index is 837. The summed E-state index contributed by atoms with van der Waals surface area (Å²) in [6, 6.07) is 11.5. The first-order valence-electron chi connectivity index (χ1n) is 6.58. The van der Waals surface area contributed by atoms with Crippen LogP contribution in [-0.4, -0.2) is 34.3 Å². The number of carbonyl (C=O) groups is 1. The quantitative estimate of drug-likeness (QED) is 0.420. The second kappa shape index (κ2) is 6.11. The molecule has 0 saturated heterocycles. The number of ether oxygens (including phenoxy) is 1. The van der Waals surface area contributed by atoms with E-state index in [9.17, 15) is 4.79 Å². The second-order valence-corrected chi connectivity index (χ2v) is 5.29. The van der Waals surface area contributed by atoms with Gasteiger partial charge in [0.05, 0.1) is 7.11 Å². The highest BCUT2D eigenvalue weighted by molar-refractivity contribution is 7.98. The molecule has 0 bridgehead atoms. The number of hydrogen-bond donors (Lipinski definition) is 0. The van der Waals surface area contributed by atoms with Crippen molar-refractivity contribution in [3.8, 4) is 11.1 Å². The minimum absolute atomic E-state index is 0.256. The summed E-state index contributed by atoms with van der Waals surface area (Å²) in [4.78, 5) is 25.1. The fourth-order valence-corrected chi connectivity index (χ4v) is 2.47. The molecule has 0 aliphatic heterocycles. The van der Waals surface area contributed by atoms with Gasteiger partial charge in [0.1, 0.15) is 0 Å². The van der Waals surface area contributed by atoms with Gasteiger partial charge in [-0.1, -0.05) is 42.1 Å². The molecule has 0 saturated carbocycles. The zero-order valence-electron chi connectivity index (χ0n) is 12.1. The Labute approximate surface area is 131 Å². The fourth-order valence-electron chi connectivity index (χ4n) is 2.14. The summed E-state index contributed by atoms with van der Waals surface area (Å²) in [5.74, 6) is -0.481. The van der Waals surface area contributed by atoms with Crippen molar-refractivity contribution in [2.75, 3.05) is 13.4 Å².